The minimum absolute atomic E-state index is 0.0817. The third kappa shape index (κ3) is 3.95. The molecule has 1 aromatic carbocycles. The van der Waals surface area contributed by atoms with Crippen molar-refractivity contribution >= 4 is 5.91 Å². The maximum atomic E-state index is 11.7. The highest BCUT2D eigenvalue weighted by Crippen LogP contribution is 2.24. The van der Waals surface area contributed by atoms with Gasteiger partial charge in [0.1, 0.15) is 0 Å². The average molecular weight is 251 g/mol. The van der Waals surface area contributed by atoms with Crippen LogP contribution in [0.4, 0.5) is 0 Å². The molecular formula is C14H21NO3. The quantitative estimate of drug-likeness (QED) is 0.679. The van der Waals surface area contributed by atoms with Crippen molar-refractivity contribution in [3.8, 4) is 11.5 Å². The highest BCUT2D eigenvalue weighted by molar-refractivity contribution is 5.78. The van der Waals surface area contributed by atoms with Crippen LogP contribution in [0, 0.1) is 5.92 Å². The van der Waals surface area contributed by atoms with Gasteiger partial charge in [-0.25, -0.2) is 0 Å². The van der Waals surface area contributed by atoms with Crippen molar-refractivity contribution in [3.05, 3.63) is 23.8 Å². The lowest BCUT2D eigenvalue weighted by atomic mass is 10.0. The van der Waals surface area contributed by atoms with Gasteiger partial charge >= 0.3 is 0 Å². The summed E-state index contributed by atoms with van der Waals surface area (Å²) in [4.78, 5) is 11.7. The van der Waals surface area contributed by atoms with Crippen molar-refractivity contribution in [2.45, 2.75) is 33.1 Å². The number of aromatic hydroxyl groups is 2. The Morgan fingerprint density at radius 3 is 2.44 bits per heavy atom. The van der Waals surface area contributed by atoms with E-state index < -0.39 is 0 Å². The second-order valence-electron chi connectivity index (χ2n) is 4.38. The molecule has 4 nitrogen and oxygen atoms in total. The molecule has 0 saturated heterocycles. The Balaban J connectivity index is 2.41. The molecule has 0 spiro atoms. The number of phenols is 2. The molecule has 0 heterocycles. The van der Waals surface area contributed by atoms with Gasteiger partial charge in [-0.3, -0.25) is 4.79 Å². The van der Waals surface area contributed by atoms with Crippen LogP contribution in [0.3, 0.4) is 0 Å². The summed E-state index contributed by atoms with van der Waals surface area (Å²) in [5.41, 5.74) is 0.884. The fourth-order valence-corrected chi connectivity index (χ4v) is 1.86. The Kier molecular flexibility index (Phi) is 5.49. The molecule has 1 aromatic rings. The monoisotopic (exact) mass is 251 g/mol. The first kappa shape index (κ1) is 14.4. The minimum Gasteiger partial charge on any atom is -0.504 e. The molecule has 0 saturated carbocycles. The van der Waals surface area contributed by atoms with Crippen LogP contribution in [0.15, 0.2) is 18.2 Å². The summed E-state index contributed by atoms with van der Waals surface area (Å²) in [6.45, 7) is 4.55. The second-order valence-corrected chi connectivity index (χ2v) is 4.38. The Bertz CT molecular complexity index is 400. The summed E-state index contributed by atoms with van der Waals surface area (Å²) in [6.07, 6.45) is 2.34. The van der Waals surface area contributed by atoms with E-state index in [2.05, 4.69) is 5.32 Å². The number of phenolic OH excluding ortho intramolecular Hbond substituents is 2. The predicted octanol–water partition coefficient (Wildman–Crippen LogP) is 2.19. The van der Waals surface area contributed by atoms with Crippen molar-refractivity contribution < 1.29 is 15.0 Å². The highest BCUT2D eigenvalue weighted by atomic mass is 16.3. The van der Waals surface area contributed by atoms with Crippen molar-refractivity contribution in [1.29, 1.82) is 0 Å². The van der Waals surface area contributed by atoms with Gasteiger partial charge < -0.3 is 15.5 Å². The first-order chi connectivity index (χ1) is 8.58. The fourth-order valence-electron chi connectivity index (χ4n) is 1.86. The van der Waals surface area contributed by atoms with E-state index in [1.54, 1.807) is 6.07 Å². The number of hydrogen-bond acceptors (Lipinski definition) is 3. The van der Waals surface area contributed by atoms with E-state index in [0.29, 0.717) is 13.0 Å². The Hall–Kier alpha value is -1.71. The van der Waals surface area contributed by atoms with Crippen LogP contribution in [0.1, 0.15) is 32.3 Å². The molecule has 100 valence electrons. The Morgan fingerprint density at radius 1 is 1.22 bits per heavy atom. The molecule has 0 aliphatic rings. The lowest BCUT2D eigenvalue weighted by Gasteiger charge is -2.12. The number of rotatable bonds is 6. The highest BCUT2D eigenvalue weighted by Gasteiger charge is 2.12. The number of benzene rings is 1. The van der Waals surface area contributed by atoms with E-state index in [0.717, 1.165) is 18.4 Å². The molecule has 1 rings (SSSR count). The van der Waals surface area contributed by atoms with E-state index in [1.165, 1.54) is 12.1 Å². The van der Waals surface area contributed by atoms with Crippen LogP contribution in [-0.4, -0.2) is 22.7 Å². The normalized spacial score (nSPS) is 10.6. The Labute approximate surface area is 108 Å². The van der Waals surface area contributed by atoms with Gasteiger partial charge in [-0.2, -0.15) is 0 Å². The van der Waals surface area contributed by atoms with Crippen molar-refractivity contribution in [3.63, 3.8) is 0 Å². The van der Waals surface area contributed by atoms with Crippen LogP contribution in [-0.2, 0) is 11.2 Å². The molecule has 0 unspecified atom stereocenters. The lowest BCUT2D eigenvalue weighted by Crippen LogP contribution is -2.31. The van der Waals surface area contributed by atoms with Crippen LogP contribution in [0.25, 0.3) is 0 Å². The van der Waals surface area contributed by atoms with E-state index in [9.17, 15) is 15.0 Å². The molecule has 0 radical (unpaired) electrons. The third-order valence-corrected chi connectivity index (χ3v) is 3.11. The van der Waals surface area contributed by atoms with E-state index in [1.807, 2.05) is 13.8 Å². The first-order valence-electron chi connectivity index (χ1n) is 6.37. The largest absolute Gasteiger partial charge is 0.504 e. The molecular weight excluding hydrogens is 230 g/mol. The van der Waals surface area contributed by atoms with Crippen molar-refractivity contribution in [1.82, 2.24) is 5.32 Å². The van der Waals surface area contributed by atoms with Gasteiger partial charge in [0, 0.05) is 12.5 Å². The number of amides is 1. The SMILES string of the molecule is CCC(CC)C(=O)NCCc1ccc(O)c(O)c1. The molecule has 1 amide bonds. The summed E-state index contributed by atoms with van der Waals surface area (Å²) in [6, 6.07) is 4.70. The summed E-state index contributed by atoms with van der Waals surface area (Å²) in [5, 5.41) is 21.4. The summed E-state index contributed by atoms with van der Waals surface area (Å²) < 4.78 is 0. The first-order valence-corrected chi connectivity index (χ1v) is 6.37. The molecule has 0 aromatic heterocycles. The standard InChI is InChI=1S/C14H21NO3/c1-3-11(4-2)14(18)15-8-7-10-5-6-12(16)13(17)9-10/h5-6,9,11,16-17H,3-4,7-8H2,1-2H3,(H,15,18). The van der Waals surface area contributed by atoms with Crippen LogP contribution >= 0.6 is 0 Å². The van der Waals surface area contributed by atoms with Gasteiger partial charge in [-0.05, 0) is 37.0 Å². The van der Waals surface area contributed by atoms with E-state index in [-0.39, 0.29) is 23.3 Å². The molecule has 0 fully saturated rings. The summed E-state index contributed by atoms with van der Waals surface area (Å²) in [5.74, 6) is -0.0835. The third-order valence-electron chi connectivity index (χ3n) is 3.11. The summed E-state index contributed by atoms with van der Waals surface area (Å²) >= 11 is 0. The van der Waals surface area contributed by atoms with E-state index in [4.69, 9.17) is 0 Å². The van der Waals surface area contributed by atoms with Gasteiger partial charge in [0.2, 0.25) is 5.91 Å². The molecule has 4 heteroatoms. The smallest absolute Gasteiger partial charge is 0.223 e. The van der Waals surface area contributed by atoms with Crippen molar-refractivity contribution in [2.75, 3.05) is 6.54 Å². The van der Waals surface area contributed by atoms with Crippen LogP contribution in [0.2, 0.25) is 0 Å². The second kappa shape index (κ2) is 6.89. The minimum atomic E-state index is -0.126. The fraction of sp³-hybridized carbons (Fsp3) is 0.500. The van der Waals surface area contributed by atoms with Crippen molar-refractivity contribution in [2.24, 2.45) is 5.92 Å². The molecule has 18 heavy (non-hydrogen) atoms. The lowest BCUT2D eigenvalue weighted by molar-refractivity contribution is -0.125. The van der Waals surface area contributed by atoms with Crippen LogP contribution in [0.5, 0.6) is 11.5 Å². The Morgan fingerprint density at radius 2 is 1.89 bits per heavy atom. The zero-order valence-electron chi connectivity index (χ0n) is 10.9. The number of carbonyl (C=O) groups excluding carboxylic acids is 1. The summed E-state index contributed by atoms with van der Waals surface area (Å²) in [7, 11) is 0. The van der Waals surface area contributed by atoms with Crippen LogP contribution < -0.4 is 5.32 Å². The molecule has 0 bridgehead atoms. The number of carbonyl (C=O) groups is 1. The van der Waals surface area contributed by atoms with Gasteiger partial charge in [-0.1, -0.05) is 19.9 Å². The topological polar surface area (TPSA) is 69.6 Å². The maximum absolute atomic E-state index is 11.7. The molecule has 3 N–H and O–H groups in total. The number of hydrogen-bond donors (Lipinski definition) is 3. The van der Waals surface area contributed by atoms with Gasteiger partial charge in [0.15, 0.2) is 11.5 Å². The average Bonchev–Trinajstić information content (AvgIpc) is 2.35. The van der Waals surface area contributed by atoms with Gasteiger partial charge in [0.25, 0.3) is 0 Å². The van der Waals surface area contributed by atoms with Gasteiger partial charge in [0.05, 0.1) is 0 Å². The molecule has 0 aliphatic carbocycles. The van der Waals surface area contributed by atoms with E-state index >= 15 is 0 Å². The predicted molar refractivity (Wildman–Crippen MR) is 70.6 cm³/mol. The number of nitrogens with one attached hydrogen (secondary N) is 1. The maximum Gasteiger partial charge on any atom is 0.223 e. The van der Waals surface area contributed by atoms with Gasteiger partial charge in [-0.15, -0.1) is 0 Å². The molecule has 0 aliphatic heterocycles. The zero-order chi connectivity index (χ0) is 13.5. The molecule has 0 atom stereocenters. The zero-order valence-corrected chi connectivity index (χ0v) is 10.9.